The van der Waals surface area contributed by atoms with E-state index < -0.39 is 0 Å². The Morgan fingerprint density at radius 2 is 2.05 bits per heavy atom. The van der Waals surface area contributed by atoms with Crippen molar-refractivity contribution in [2.45, 2.75) is 33.4 Å². The van der Waals surface area contributed by atoms with Crippen molar-refractivity contribution in [2.75, 3.05) is 13.2 Å². The molecule has 1 aromatic heterocycles. The Hall–Kier alpha value is -1.81. The van der Waals surface area contributed by atoms with E-state index in [9.17, 15) is 0 Å². The summed E-state index contributed by atoms with van der Waals surface area (Å²) in [5.41, 5.74) is 1.24. The van der Waals surface area contributed by atoms with E-state index in [0.717, 1.165) is 31.8 Å². The lowest BCUT2D eigenvalue weighted by Crippen LogP contribution is -2.18. The summed E-state index contributed by atoms with van der Waals surface area (Å²) in [6.07, 6.45) is 5.00. The lowest BCUT2D eigenvalue weighted by Gasteiger charge is -2.06. The molecule has 0 spiro atoms. The van der Waals surface area contributed by atoms with Crippen LogP contribution >= 0.6 is 0 Å². The lowest BCUT2D eigenvalue weighted by molar-refractivity contribution is 0.298. The maximum atomic E-state index is 5.67. The predicted molar refractivity (Wildman–Crippen MR) is 85.3 cm³/mol. The van der Waals surface area contributed by atoms with Crippen molar-refractivity contribution in [2.24, 2.45) is 5.92 Å². The van der Waals surface area contributed by atoms with Gasteiger partial charge in [0.2, 0.25) is 0 Å². The zero-order valence-corrected chi connectivity index (χ0v) is 13.0. The maximum absolute atomic E-state index is 5.67. The van der Waals surface area contributed by atoms with E-state index in [1.165, 1.54) is 5.56 Å². The molecule has 0 atom stereocenters. The molecule has 0 bridgehead atoms. The Labute approximate surface area is 127 Å². The molecule has 1 N–H and O–H groups in total. The highest BCUT2D eigenvalue weighted by molar-refractivity contribution is 5.20. The fraction of sp³-hybridized carbons (Fsp3) is 0.471. The highest BCUT2D eigenvalue weighted by Crippen LogP contribution is 2.08. The van der Waals surface area contributed by atoms with Gasteiger partial charge >= 0.3 is 0 Å². The summed E-state index contributed by atoms with van der Waals surface area (Å²) in [6, 6.07) is 9.92. The SMILES string of the molecule is CC(C)CNCc1cnn(CCCOc2ccccc2)c1. The monoisotopic (exact) mass is 287 g/mol. The van der Waals surface area contributed by atoms with Crippen molar-refractivity contribution >= 4 is 0 Å². The number of ether oxygens (including phenoxy) is 1. The van der Waals surface area contributed by atoms with E-state index in [0.29, 0.717) is 12.5 Å². The number of benzene rings is 1. The van der Waals surface area contributed by atoms with Crippen LogP contribution in [0.2, 0.25) is 0 Å². The van der Waals surface area contributed by atoms with Crippen LogP contribution in [0.1, 0.15) is 25.8 Å². The first-order valence-corrected chi connectivity index (χ1v) is 7.64. The summed E-state index contributed by atoms with van der Waals surface area (Å²) in [4.78, 5) is 0. The molecule has 1 aromatic carbocycles. The standard InChI is InChI=1S/C17H25N3O/c1-15(2)11-18-12-16-13-19-20(14-16)9-6-10-21-17-7-4-3-5-8-17/h3-5,7-8,13-15,18H,6,9-12H2,1-2H3. The van der Waals surface area contributed by atoms with Gasteiger partial charge in [-0.15, -0.1) is 0 Å². The molecule has 0 aliphatic carbocycles. The summed E-state index contributed by atoms with van der Waals surface area (Å²) >= 11 is 0. The van der Waals surface area contributed by atoms with Crippen LogP contribution in [0.4, 0.5) is 0 Å². The number of hydrogen-bond donors (Lipinski definition) is 1. The minimum atomic E-state index is 0.676. The summed E-state index contributed by atoms with van der Waals surface area (Å²) in [7, 11) is 0. The third-order valence-electron chi connectivity index (χ3n) is 3.11. The number of nitrogens with zero attached hydrogens (tertiary/aromatic N) is 2. The van der Waals surface area contributed by atoms with Gasteiger partial charge in [0.1, 0.15) is 5.75 Å². The summed E-state index contributed by atoms with van der Waals surface area (Å²) < 4.78 is 7.66. The number of rotatable bonds is 9. The largest absolute Gasteiger partial charge is 0.494 e. The van der Waals surface area contributed by atoms with Gasteiger partial charge < -0.3 is 10.1 Å². The molecule has 21 heavy (non-hydrogen) atoms. The molecule has 0 saturated heterocycles. The molecule has 1 heterocycles. The quantitative estimate of drug-likeness (QED) is 0.720. The van der Waals surface area contributed by atoms with Crippen molar-refractivity contribution < 1.29 is 4.74 Å². The van der Waals surface area contributed by atoms with Gasteiger partial charge in [-0.05, 0) is 24.6 Å². The molecular weight excluding hydrogens is 262 g/mol. The molecule has 0 aliphatic rings. The summed E-state index contributed by atoms with van der Waals surface area (Å²) in [6.45, 7) is 7.95. The number of nitrogens with one attached hydrogen (secondary N) is 1. The van der Waals surface area contributed by atoms with Gasteiger partial charge in [-0.25, -0.2) is 0 Å². The first kappa shape index (κ1) is 15.6. The fourth-order valence-corrected chi connectivity index (χ4v) is 2.06. The van der Waals surface area contributed by atoms with Crippen LogP contribution in [0.5, 0.6) is 5.75 Å². The predicted octanol–water partition coefficient (Wildman–Crippen LogP) is 3.10. The van der Waals surface area contributed by atoms with E-state index in [4.69, 9.17) is 4.74 Å². The highest BCUT2D eigenvalue weighted by Gasteiger charge is 2.00. The first-order valence-electron chi connectivity index (χ1n) is 7.64. The highest BCUT2D eigenvalue weighted by atomic mass is 16.5. The average Bonchev–Trinajstić information content (AvgIpc) is 2.92. The molecule has 2 aromatic rings. The smallest absolute Gasteiger partial charge is 0.119 e. The van der Waals surface area contributed by atoms with Gasteiger partial charge in [0.05, 0.1) is 12.8 Å². The molecule has 114 valence electrons. The minimum Gasteiger partial charge on any atom is -0.494 e. The summed E-state index contributed by atoms with van der Waals surface area (Å²) in [5.74, 6) is 1.60. The van der Waals surface area contributed by atoms with Crippen molar-refractivity contribution in [3.63, 3.8) is 0 Å². The van der Waals surface area contributed by atoms with Crippen molar-refractivity contribution in [1.82, 2.24) is 15.1 Å². The Kier molecular flexibility index (Phi) is 6.28. The molecule has 4 heteroatoms. The van der Waals surface area contributed by atoms with Crippen molar-refractivity contribution in [3.8, 4) is 5.75 Å². The van der Waals surface area contributed by atoms with Crippen LogP contribution in [0.15, 0.2) is 42.7 Å². The van der Waals surface area contributed by atoms with Crippen LogP contribution in [-0.4, -0.2) is 22.9 Å². The van der Waals surface area contributed by atoms with E-state index in [2.05, 4.69) is 30.5 Å². The Balaban J connectivity index is 1.63. The number of para-hydroxylation sites is 1. The van der Waals surface area contributed by atoms with Gasteiger partial charge in [0.25, 0.3) is 0 Å². The zero-order valence-electron chi connectivity index (χ0n) is 13.0. The van der Waals surface area contributed by atoms with Crippen LogP contribution in [0.25, 0.3) is 0 Å². The van der Waals surface area contributed by atoms with Gasteiger partial charge in [0, 0.05) is 31.3 Å². The van der Waals surface area contributed by atoms with Gasteiger partial charge in [-0.3, -0.25) is 4.68 Å². The average molecular weight is 287 g/mol. The van der Waals surface area contributed by atoms with Gasteiger partial charge in [-0.1, -0.05) is 32.0 Å². The van der Waals surface area contributed by atoms with E-state index in [1.54, 1.807) is 0 Å². The molecule has 0 radical (unpaired) electrons. The van der Waals surface area contributed by atoms with E-state index in [-0.39, 0.29) is 0 Å². The third kappa shape index (κ3) is 6.00. The van der Waals surface area contributed by atoms with Crippen LogP contribution in [-0.2, 0) is 13.1 Å². The lowest BCUT2D eigenvalue weighted by atomic mass is 10.2. The van der Waals surface area contributed by atoms with E-state index >= 15 is 0 Å². The van der Waals surface area contributed by atoms with E-state index in [1.807, 2.05) is 41.2 Å². The molecule has 4 nitrogen and oxygen atoms in total. The third-order valence-corrected chi connectivity index (χ3v) is 3.11. The normalized spacial score (nSPS) is 11.0. The maximum Gasteiger partial charge on any atom is 0.119 e. The van der Waals surface area contributed by atoms with Crippen LogP contribution in [0, 0.1) is 5.92 Å². The molecule has 0 unspecified atom stereocenters. The fourth-order valence-electron chi connectivity index (χ4n) is 2.06. The number of aryl methyl sites for hydroxylation is 1. The Morgan fingerprint density at radius 3 is 2.81 bits per heavy atom. The second-order valence-corrected chi connectivity index (χ2v) is 5.65. The topological polar surface area (TPSA) is 39.1 Å². The van der Waals surface area contributed by atoms with Crippen LogP contribution < -0.4 is 10.1 Å². The molecule has 0 aliphatic heterocycles. The minimum absolute atomic E-state index is 0.676. The molecule has 0 saturated carbocycles. The number of hydrogen-bond acceptors (Lipinski definition) is 3. The van der Waals surface area contributed by atoms with Crippen molar-refractivity contribution in [3.05, 3.63) is 48.3 Å². The molecule has 0 fully saturated rings. The number of aromatic nitrogens is 2. The van der Waals surface area contributed by atoms with Gasteiger partial charge in [-0.2, -0.15) is 5.10 Å². The Morgan fingerprint density at radius 1 is 1.24 bits per heavy atom. The first-order chi connectivity index (χ1) is 10.2. The molecule has 0 amide bonds. The summed E-state index contributed by atoms with van der Waals surface area (Å²) in [5, 5.41) is 7.80. The second-order valence-electron chi connectivity index (χ2n) is 5.65. The Bertz CT molecular complexity index is 508. The molecular formula is C17H25N3O. The van der Waals surface area contributed by atoms with Crippen molar-refractivity contribution in [1.29, 1.82) is 0 Å². The van der Waals surface area contributed by atoms with Crippen LogP contribution in [0.3, 0.4) is 0 Å². The van der Waals surface area contributed by atoms with Gasteiger partial charge in [0.15, 0.2) is 0 Å². The molecule has 2 rings (SSSR count). The second kappa shape index (κ2) is 8.47. The zero-order chi connectivity index (χ0) is 14.9.